The van der Waals surface area contributed by atoms with E-state index >= 15 is 0 Å². The molecule has 6 atom stereocenters. The third-order valence-corrected chi connectivity index (χ3v) is 8.00. The number of methoxy groups -OCH3 is 1. The normalized spacial score (nSPS) is 20.8. The van der Waals surface area contributed by atoms with E-state index in [9.17, 15) is 14.7 Å². The zero-order valence-electron chi connectivity index (χ0n) is 27.9. The first kappa shape index (κ1) is 36.7. The van der Waals surface area contributed by atoms with Crippen LogP contribution < -0.4 is 5.32 Å². The van der Waals surface area contributed by atoms with E-state index in [0.29, 0.717) is 6.61 Å². The van der Waals surface area contributed by atoms with Crippen LogP contribution in [-0.2, 0) is 64.4 Å². The molecule has 1 heterocycles. The van der Waals surface area contributed by atoms with Gasteiger partial charge in [-0.05, 0) is 22.3 Å². The highest BCUT2D eigenvalue weighted by molar-refractivity contribution is 5.81. The first-order valence-electron chi connectivity index (χ1n) is 16.4. The standard InChI is InChI=1S/C39H43NO10/c1-44-37(42)32(40-39(43)49-25-31-20-12-5-13-21-31)26-48-38-34(41)36(47-24-30-18-10-4-11-19-30)35(46-23-29-16-8-3-9-17-29)33(50-38)27-45-22-28-14-6-2-7-15-28/h2-21,32-36,38,41H,22-27H2,1H3,(H,40,43)/t32-,33+,34-,35+,36+,38-/m0/s1. The third kappa shape index (κ3) is 11.2. The van der Waals surface area contributed by atoms with Gasteiger partial charge in [-0.25, -0.2) is 9.59 Å². The van der Waals surface area contributed by atoms with Gasteiger partial charge in [-0.3, -0.25) is 0 Å². The summed E-state index contributed by atoms with van der Waals surface area (Å²) in [5, 5.41) is 14.2. The van der Waals surface area contributed by atoms with E-state index < -0.39 is 55.4 Å². The molecule has 1 amide bonds. The summed E-state index contributed by atoms with van der Waals surface area (Å²) < 4.78 is 41.3. The van der Waals surface area contributed by atoms with Crippen molar-refractivity contribution in [1.29, 1.82) is 0 Å². The van der Waals surface area contributed by atoms with Gasteiger partial charge in [0.15, 0.2) is 12.3 Å². The highest BCUT2D eigenvalue weighted by Crippen LogP contribution is 2.29. The molecule has 0 unspecified atom stereocenters. The fourth-order valence-corrected chi connectivity index (χ4v) is 5.37. The summed E-state index contributed by atoms with van der Waals surface area (Å²) in [6.45, 7) is 0.408. The molecule has 264 valence electrons. The monoisotopic (exact) mass is 685 g/mol. The molecule has 0 aliphatic carbocycles. The molecule has 11 nitrogen and oxygen atoms in total. The van der Waals surface area contributed by atoms with E-state index in [2.05, 4.69) is 5.32 Å². The molecule has 4 aromatic carbocycles. The summed E-state index contributed by atoms with van der Waals surface area (Å²) in [5.41, 5.74) is 3.57. The highest BCUT2D eigenvalue weighted by atomic mass is 16.7. The Hall–Kier alpha value is -4.62. The largest absolute Gasteiger partial charge is 0.467 e. The van der Waals surface area contributed by atoms with Crippen molar-refractivity contribution in [1.82, 2.24) is 5.32 Å². The van der Waals surface area contributed by atoms with Crippen molar-refractivity contribution in [2.24, 2.45) is 0 Å². The number of alkyl carbamates (subject to hydrolysis) is 1. The zero-order valence-corrected chi connectivity index (χ0v) is 27.9. The Morgan fingerprint density at radius 1 is 0.680 bits per heavy atom. The van der Waals surface area contributed by atoms with Crippen LogP contribution in [0.3, 0.4) is 0 Å². The molecule has 2 N–H and O–H groups in total. The zero-order chi connectivity index (χ0) is 35.0. The molecule has 0 bridgehead atoms. The number of carbonyl (C=O) groups excluding carboxylic acids is 2. The minimum absolute atomic E-state index is 0.00133. The number of esters is 1. The van der Waals surface area contributed by atoms with Crippen molar-refractivity contribution in [2.45, 2.75) is 63.2 Å². The van der Waals surface area contributed by atoms with Crippen molar-refractivity contribution in [3.63, 3.8) is 0 Å². The summed E-state index contributed by atoms with van der Waals surface area (Å²) >= 11 is 0. The maximum Gasteiger partial charge on any atom is 0.408 e. The van der Waals surface area contributed by atoms with Crippen LogP contribution >= 0.6 is 0 Å². The Morgan fingerprint density at radius 3 is 1.68 bits per heavy atom. The molecule has 4 aromatic rings. The summed E-state index contributed by atoms with van der Waals surface area (Å²) in [5.74, 6) is -0.768. The lowest BCUT2D eigenvalue weighted by molar-refractivity contribution is -0.319. The van der Waals surface area contributed by atoms with Crippen LogP contribution in [0.15, 0.2) is 121 Å². The molecule has 1 fully saturated rings. The molecule has 0 aromatic heterocycles. The average molecular weight is 686 g/mol. The lowest BCUT2D eigenvalue weighted by Crippen LogP contribution is -2.61. The van der Waals surface area contributed by atoms with Crippen LogP contribution in [0.5, 0.6) is 0 Å². The molecule has 0 radical (unpaired) electrons. The van der Waals surface area contributed by atoms with Crippen molar-refractivity contribution >= 4 is 12.1 Å². The fraction of sp³-hybridized carbons (Fsp3) is 0.333. The van der Waals surface area contributed by atoms with Gasteiger partial charge >= 0.3 is 12.1 Å². The Balaban J connectivity index is 1.31. The van der Waals surface area contributed by atoms with Crippen LogP contribution in [0.1, 0.15) is 22.3 Å². The molecule has 0 spiro atoms. The molecule has 1 aliphatic heterocycles. The van der Waals surface area contributed by atoms with E-state index in [1.807, 2.05) is 121 Å². The predicted molar refractivity (Wildman–Crippen MR) is 182 cm³/mol. The highest BCUT2D eigenvalue weighted by Gasteiger charge is 2.48. The van der Waals surface area contributed by atoms with Gasteiger partial charge in [0, 0.05) is 0 Å². The number of hydrogen-bond donors (Lipinski definition) is 2. The summed E-state index contributed by atoms with van der Waals surface area (Å²) in [4.78, 5) is 25.3. The molecule has 5 rings (SSSR count). The van der Waals surface area contributed by atoms with Gasteiger partial charge in [-0.15, -0.1) is 0 Å². The van der Waals surface area contributed by atoms with E-state index in [4.69, 9.17) is 33.2 Å². The summed E-state index contributed by atoms with van der Waals surface area (Å²) in [6.07, 6.45) is -5.93. The molecule has 1 aliphatic rings. The predicted octanol–water partition coefficient (Wildman–Crippen LogP) is 4.94. The van der Waals surface area contributed by atoms with Crippen molar-refractivity contribution in [3.8, 4) is 0 Å². The topological polar surface area (TPSA) is 131 Å². The van der Waals surface area contributed by atoms with E-state index in [1.165, 1.54) is 7.11 Å². The second-order valence-corrected chi connectivity index (χ2v) is 11.7. The Kier molecular flexibility index (Phi) is 14.3. The molecule has 0 saturated carbocycles. The minimum atomic E-state index is -1.35. The second kappa shape index (κ2) is 19.5. The molecule has 50 heavy (non-hydrogen) atoms. The van der Waals surface area contributed by atoms with Gasteiger partial charge in [0.25, 0.3) is 0 Å². The second-order valence-electron chi connectivity index (χ2n) is 11.7. The van der Waals surface area contributed by atoms with Crippen molar-refractivity contribution in [2.75, 3.05) is 20.3 Å². The van der Waals surface area contributed by atoms with Gasteiger partial charge in [0.05, 0.1) is 40.1 Å². The molecular weight excluding hydrogens is 642 g/mol. The Labute approximate surface area is 292 Å². The number of aliphatic hydroxyl groups excluding tert-OH is 1. The lowest BCUT2D eigenvalue weighted by Gasteiger charge is -2.44. The van der Waals surface area contributed by atoms with E-state index in [0.717, 1.165) is 22.3 Å². The quantitative estimate of drug-likeness (QED) is 0.147. The van der Waals surface area contributed by atoms with Crippen LogP contribution in [0.25, 0.3) is 0 Å². The van der Waals surface area contributed by atoms with Crippen molar-refractivity contribution in [3.05, 3.63) is 144 Å². The number of carbonyl (C=O) groups is 2. The van der Waals surface area contributed by atoms with Gasteiger partial charge in [-0.1, -0.05) is 121 Å². The van der Waals surface area contributed by atoms with Gasteiger partial charge in [-0.2, -0.15) is 0 Å². The lowest BCUT2D eigenvalue weighted by atomic mass is 9.98. The van der Waals surface area contributed by atoms with Crippen molar-refractivity contribution < 1.29 is 47.9 Å². The van der Waals surface area contributed by atoms with E-state index in [1.54, 1.807) is 0 Å². The summed E-state index contributed by atoms with van der Waals surface area (Å²) in [7, 11) is 1.19. The van der Waals surface area contributed by atoms with Crippen LogP contribution in [0.4, 0.5) is 4.79 Å². The number of ether oxygens (including phenoxy) is 7. The average Bonchev–Trinajstić information content (AvgIpc) is 3.16. The molecule has 11 heteroatoms. The number of aliphatic hydroxyl groups is 1. The maximum atomic E-state index is 12.7. The third-order valence-electron chi connectivity index (χ3n) is 8.00. The SMILES string of the molecule is COC(=O)[C@H](CO[C@H]1O[C@H](COCc2ccccc2)[C@@H](OCc2ccccc2)[C@H](OCc2ccccc2)[C@@H]1O)NC(=O)OCc1ccccc1. The Bertz CT molecular complexity index is 1560. The maximum absolute atomic E-state index is 12.7. The molecular formula is C39H43NO10. The first-order valence-corrected chi connectivity index (χ1v) is 16.4. The number of rotatable bonds is 17. The molecule has 1 saturated heterocycles. The van der Waals surface area contributed by atoms with Gasteiger partial charge in [0.1, 0.15) is 31.0 Å². The van der Waals surface area contributed by atoms with Crippen LogP contribution in [-0.4, -0.2) is 74.2 Å². The van der Waals surface area contributed by atoms with Gasteiger partial charge in [0.2, 0.25) is 0 Å². The number of hydrogen-bond acceptors (Lipinski definition) is 10. The van der Waals surface area contributed by atoms with Gasteiger partial charge < -0.3 is 43.6 Å². The minimum Gasteiger partial charge on any atom is -0.467 e. The first-order chi connectivity index (χ1) is 24.5. The summed E-state index contributed by atoms with van der Waals surface area (Å²) in [6, 6.07) is 36.8. The number of benzene rings is 4. The smallest absolute Gasteiger partial charge is 0.408 e. The number of nitrogens with one attached hydrogen (secondary N) is 1. The van der Waals surface area contributed by atoms with Crippen LogP contribution in [0, 0.1) is 0 Å². The number of amides is 1. The van der Waals surface area contributed by atoms with Crippen LogP contribution in [0.2, 0.25) is 0 Å². The van der Waals surface area contributed by atoms with E-state index in [-0.39, 0.29) is 26.4 Å². The fourth-order valence-electron chi connectivity index (χ4n) is 5.37. The Morgan fingerprint density at radius 2 is 1.16 bits per heavy atom.